The third-order valence-electron chi connectivity index (χ3n) is 5.50. The number of nitrogens with one attached hydrogen (secondary N) is 1. The van der Waals surface area contributed by atoms with E-state index in [4.69, 9.17) is 16.3 Å². The number of hydrogen-bond acceptors (Lipinski definition) is 7. The smallest absolute Gasteiger partial charge is 0.338 e. The number of carbonyl (C=O) groups is 2. The second kappa shape index (κ2) is 11.3. The number of rotatable bonds is 7. The maximum atomic E-state index is 13.1. The Bertz CT molecular complexity index is 1300. The molecule has 2 heterocycles. The summed E-state index contributed by atoms with van der Waals surface area (Å²) < 4.78 is 32.8. The molecule has 0 radical (unpaired) electrons. The first kappa shape index (κ1) is 25.3. The molecule has 1 aliphatic heterocycles. The molecule has 1 aromatic heterocycles. The van der Waals surface area contributed by atoms with E-state index in [1.165, 1.54) is 33.8 Å². The van der Waals surface area contributed by atoms with Gasteiger partial charge in [-0.25, -0.2) is 18.2 Å². The fraction of sp³-hybridized carbons (Fsp3) is 0.292. The highest BCUT2D eigenvalue weighted by atomic mass is 35.5. The number of benzene rings is 2. The van der Waals surface area contributed by atoms with Crippen LogP contribution in [0.2, 0.25) is 5.02 Å². The Labute approximate surface area is 212 Å². The van der Waals surface area contributed by atoms with E-state index < -0.39 is 28.5 Å². The van der Waals surface area contributed by atoms with Crippen LogP contribution in [0.1, 0.15) is 36.0 Å². The number of aromatic nitrogens is 1. The summed E-state index contributed by atoms with van der Waals surface area (Å²) in [5, 5.41) is 4.82. The van der Waals surface area contributed by atoms with Gasteiger partial charge in [-0.05, 0) is 31.0 Å². The van der Waals surface area contributed by atoms with Gasteiger partial charge in [-0.1, -0.05) is 54.8 Å². The molecule has 0 spiro atoms. The number of esters is 1. The van der Waals surface area contributed by atoms with Crippen molar-refractivity contribution in [2.24, 2.45) is 0 Å². The fourth-order valence-electron chi connectivity index (χ4n) is 3.69. The number of anilines is 1. The minimum Gasteiger partial charge on any atom is -0.452 e. The number of ether oxygens (including phenoxy) is 1. The molecule has 1 saturated heterocycles. The molecule has 8 nitrogen and oxygen atoms in total. The second-order valence-electron chi connectivity index (χ2n) is 7.99. The molecule has 0 bridgehead atoms. The Morgan fingerprint density at radius 3 is 2.49 bits per heavy atom. The van der Waals surface area contributed by atoms with Gasteiger partial charge in [0.1, 0.15) is 4.90 Å². The summed E-state index contributed by atoms with van der Waals surface area (Å²) in [4.78, 5) is 29.0. The van der Waals surface area contributed by atoms with Gasteiger partial charge in [0.15, 0.2) is 11.7 Å². The largest absolute Gasteiger partial charge is 0.452 e. The quantitative estimate of drug-likeness (QED) is 0.436. The Hall–Kier alpha value is -2.79. The predicted molar refractivity (Wildman–Crippen MR) is 135 cm³/mol. The lowest BCUT2D eigenvalue weighted by atomic mass is 10.2. The maximum Gasteiger partial charge on any atom is 0.338 e. The van der Waals surface area contributed by atoms with E-state index in [9.17, 15) is 18.0 Å². The summed E-state index contributed by atoms with van der Waals surface area (Å²) in [6.07, 6.45) is 3.50. The van der Waals surface area contributed by atoms with Crippen LogP contribution < -0.4 is 5.32 Å². The minimum absolute atomic E-state index is 0.00351. The summed E-state index contributed by atoms with van der Waals surface area (Å²) in [5.41, 5.74) is 1.64. The number of sulfonamides is 1. The van der Waals surface area contributed by atoms with Gasteiger partial charge in [-0.2, -0.15) is 4.31 Å². The standard InChI is InChI=1S/C24H24ClN3O5S2/c25-19-11-10-18(14-21(19)35(31,32)28-12-6-1-2-7-13-28)23(30)33-15-22(29)27-24-26-20(16-34-24)17-8-4-3-5-9-17/h3-5,8-11,14,16H,1-2,6-7,12-13,15H2,(H,26,27,29). The lowest BCUT2D eigenvalue weighted by Gasteiger charge is -2.21. The van der Waals surface area contributed by atoms with Crippen LogP contribution in [0.4, 0.5) is 5.13 Å². The van der Waals surface area contributed by atoms with E-state index >= 15 is 0 Å². The number of nitrogens with zero attached hydrogens (tertiary/aromatic N) is 2. The van der Waals surface area contributed by atoms with Crippen LogP contribution in [0.15, 0.2) is 58.8 Å². The van der Waals surface area contributed by atoms with Gasteiger partial charge in [0.05, 0.1) is 16.3 Å². The average Bonchev–Trinajstić information content (AvgIpc) is 3.14. The van der Waals surface area contributed by atoms with Gasteiger partial charge in [-0.15, -0.1) is 11.3 Å². The summed E-state index contributed by atoms with van der Waals surface area (Å²) >= 11 is 7.44. The highest BCUT2D eigenvalue weighted by molar-refractivity contribution is 7.89. The van der Waals surface area contributed by atoms with Crippen LogP contribution >= 0.6 is 22.9 Å². The molecular weight excluding hydrogens is 510 g/mol. The zero-order valence-electron chi connectivity index (χ0n) is 18.8. The Balaban J connectivity index is 1.38. The molecule has 11 heteroatoms. The van der Waals surface area contributed by atoms with Gasteiger partial charge >= 0.3 is 5.97 Å². The van der Waals surface area contributed by atoms with Crippen molar-refractivity contribution >= 4 is 50.0 Å². The van der Waals surface area contributed by atoms with Crippen molar-refractivity contribution < 1.29 is 22.7 Å². The Morgan fingerprint density at radius 1 is 1.06 bits per heavy atom. The first-order valence-corrected chi connectivity index (χ1v) is 13.8. The first-order valence-electron chi connectivity index (χ1n) is 11.1. The molecule has 1 N–H and O–H groups in total. The summed E-state index contributed by atoms with van der Waals surface area (Å²) in [5.74, 6) is -1.38. The van der Waals surface area contributed by atoms with Crippen molar-refractivity contribution in [2.45, 2.75) is 30.6 Å². The van der Waals surface area contributed by atoms with Gasteiger partial charge in [0, 0.05) is 24.0 Å². The van der Waals surface area contributed by atoms with E-state index in [0.29, 0.717) is 18.2 Å². The van der Waals surface area contributed by atoms with Gasteiger partial charge in [0.25, 0.3) is 5.91 Å². The second-order valence-corrected chi connectivity index (χ2v) is 11.2. The van der Waals surface area contributed by atoms with Crippen LogP contribution in [-0.2, 0) is 19.6 Å². The molecule has 0 aliphatic carbocycles. The lowest BCUT2D eigenvalue weighted by molar-refractivity contribution is -0.119. The van der Waals surface area contributed by atoms with Crippen molar-refractivity contribution in [3.05, 3.63) is 64.5 Å². The van der Waals surface area contributed by atoms with E-state index in [-0.39, 0.29) is 15.5 Å². The SMILES string of the molecule is O=C(COC(=O)c1ccc(Cl)c(S(=O)(=O)N2CCCCCC2)c1)Nc1nc(-c2ccccc2)cs1. The molecule has 35 heavy (non-hydrogen) atoms. The number of carbonyl (C=O) groups excluding carboxylic acids is 2. The minimum atomic E-state index is -3.86. The van der Waals surface area contributed by atoms with Crippen molar-refractivity contribution in [3.8, 4) is 11.3 Å². The van der Waals surface area contributed by atoms with E-state index in [0.717, 1.165) is 36.9 Å². The van der Waals surface area contributed by atoms with Gasteiger partial charge in [-0.3, -0.25) is 10.1 Å². The van der Waals surface area contributed by atoms with E-state index in [1.807, 2.05) is 35.7 Å². The van der Waals surface area contributed by atoms with Crippen LogP contribution in [0.25, 0.3) is 11.3 Å². The molecule has 3 aromatic rings. The number of thiazole rings is 1. The topological polar surface area (TPSA) is 106 Å². The number of amides is 1. The van der Waals surface area contributed by atoms with E-state index in [2.05, 4.69) is 10.3 Å². The van der Waals surface area contributed by atoms with Crippen molar-refractivity contribution in [1.82, 2.24) is 9.29 Å². The molecule has 1 aliphatic rings. The maximum absolute atomic E-state index is 13.1. The van der Waals surface area contributed by atoms with Crippen molar-refractivity contribution in [3.63, 3.8) is 0 Å². The third kappa shape index (κ3) is 6.26. The normalized spacial score (nSPS) is 14.8. The number of hydrogen-bond donors (Lipinski definition) is 1. The van der Waals surface area contributed by atoms with Crippen LogP contribution in [0.5, 0.6) is 0 Å². The monoisotopic (exact) mass is 533 g/mol. The zero-order valence-corrected chi connectivity index (χ0v) is 21.2. The average molecular weight is 534 g/mol. The Morgan fingerprint density at radius 2 is 1.77 bits per heavy atom. The summed E-state index contributed by atoms with van der Waals surface area (Å²) in [7, 11) is -3.86. The molecule has 1 fully saturated rings. The molecule has 184 valence electrons. The van der Waals surface area contributed by atoms with Crippen LogP contribution in [0, 0.1) is 0 Å². The number of halogens is 1. The fourth-order valence-corrected chi connectivity index (χ4v) is 6.44. The molecule has 0 saturated carbocycles. The lowest BCUT2D eigenvalue weighted by Crippen LogP contribution is -2.32. The predicted octanol–water partition coefficient (Wildman–Crippen LogP) is 4.82. The summed E-state index contributed by atoms with van der Waals surface area (Å²) in [6.45, 7) is 0.280. The third-order valence-corrected chi connectivity index (χ3v) is 8.64. The molecule has 1 amide bonds. The van der Waals surface area contributed by atoms with Gasteiger partial charge in [0.2, 0.25) is 10.0 Å². The van der Waals surface area contributed by atoms with Gasteiger partial charge < -0.3 is 4.74 Å². The molecule has 0 unspecified atom stereocenters. The summed E-state index contributed by atoms with van der Waals surface area (Å²) in [6, 6.07) is 13.4. The van der Waals surface area contributed by atoms with Crippen molar-refractivity contribution in [2.75, 3.05) is 25.0 Å². The zero-order chi connectivity index (χ0) is 24.8. The van der Waals surface area contributed by atoms with Crippen molar-refractivity contribution in [1.29, 1.82) is 0 Å². The molecular formula is C24H24ClN3O5S2. The van der Waals surface area contributed by atoms with E-state index in [1.54, 1.807) is 0 Å². The first-order chi connectivity index (χ1) is 16.8. The highest BCUT2D eigenvalue weighted by Gasteiger charge is 2.28. The molecule has 0 atom stereocenters. The molecule has 4 rings (SSSR count). The Kier molecular flexibility index (Phi) is 8.17. The van der Waals surface area contributed by atoms with Crippen LogP contribution in [0.3, 0.4) is 0 Å². The highest BCUT2D eigenvalue weighted by Crippen LogP contribution is 2.28. The molecule has 2 aromatic carbocycles. The van der Waals surface area contributed by atoms with Crippen LogP contribution in [-0.4, -0.2) is 49.3 Å².